The zero-order valence-corrected chi connectivity index (χ0v) is 60.5. The fourth-order valence-corrected chi connectivity index (χ4v) is 15.1. The van der Waals surface area contributed by atoms with E-state index in [9.17, 15) is 5.53 Å². The van der Waals surface area contributed by atoms with Crippen molar-refractivity contribution in [3.05, 3.63) is 87.5 Å². The maximum absolute atomic E-state index is 11.9. The van der Waals surface area contributed by atoms with Crippen LogP contribution in [0.25, 0.3) is 16.9 Å². The van der Waals surface area contributed by atoms with Gasteiger partial charge in [-0.2, -0.15) is 0 Å². The smallest absolute Gasteiger partial charge is 0.0654 e. The van der Waals surface area contributed by atoms with Crippen LogP contribution >= 0.6 is 0 Å². The minimum Gasteiger partial charge on any atom is -0.0654 e. The van der Waals surface area contributed by atoms with Crippen LogP contribution in [-0.2, 0) is 30.8 Å². The van der Waals surface area contributed by atoms with Crippen LogP contribution in [0.3, 0.4) is 0 Å². The molecule has 0 aromatic heterocycles. The molecule has 0 saturated carbocycles. The standard InChI is InChI=1S/C37H54N2.2C23H47.Pd/c1-5-9-13-14-15-17-24-35-34(23-12-8-4)37(33-22-18-21-31(29-33)20-16-10-6-2)39(38)36(35)32-27-25-30(26-28-32)19-11-7-3;2*1-3-5-7-9-11-13-15-17-19-21-23-22-20-18-16-14-12-10-8-6-4-2;/h18,21-22,25-29H,5-17,19-20,23-24H2,1-4H3;2*1,3-23H2,2H3;. The summed E-state index contributed by atoms with van der Waals surface area (Å²) in [6, 6.07) is 18.0. The zero-order valence-electron chi connectivity index (χ0n) is 59.0. The van der Waals surface area contributed by atoms with Gasteiger partial charge < -0.3 is 5.53 Å². The van der Waals surface area contributed by atoms with Gasteiger partial charge >= 0.3 is 169 Å². The number of unbranched alkanes of at least 4 members (excludes halogenated alkanes) is 49. The van der Waals surface area contributed by atoms with Gasteiger partial charge in [0.25, 0.3) is 0 Å². The molecular formula is C83H148N2Pd. The Kier molecular flexibility index (Phi) is 57.9. The number of hydrogen-bond acceptors (Lipinski definition) is 0. The Balaban J connectivity index is 0.000000595. The number of allylic oxidation sites excluding steroid dienone is 2. The van der Waals surface area contributed by atoms with Gasteiger partial charge in [-0.05, 0) is 86.8 Å². The van der Waals surface area contributed by atoms with Gasteiger partial charge in [-0.1, -0.05) is 252 Å². The predicted molar refractivity (Wildman–Crippen MR) is 385 cm³/mol. The Morgan fingerprint density at radius 3 is 0.884 bits per heavy atom. The summed E-state index contributed by atoms with van der Waals surface area (Å²) in [5.74, 6) is 0. The number of benzene rings is 2. The molecule has 0 spiro atoms. The number of nitrogens with zero attached hydrogens (tertiary/aromatic N) is 2. The van der Waals surface area contributed by atoms with E-state index in [0.717, 1.165) is 79.0 Å². The molecule has 86 heavy (non-hydrogen) atoms. The van der Waals surface area contributed by atoms with Crippen LogP contribution in [0.2, 0.25) is 9.79 Å². The van der Waals surface area contributed by atoms with E-state index < -0.39 is 0 Å². The van der Waals surface area contributed by atoms with Crippen molar-refractivity contribution < 1.29 is 22.7 Å². The van der Waals surface area contributed by atoms with Gasteiger partial charge in [-0.15, -0.1) is 0 Å². The van der Waals surface area contributed by atoms with Crippen molar-refractivity contribution in [2.45, 2.75) is 430 Å². The van der Waals surface area contributed by atoms with Crippen molar-refractivity contribution in [3.8, 4) is 0 Å². The van der Waals surface area contributed by atoms with Crippen molar-refractivity contribution >= 4 is 11.4 Å². The Hall–Kier alpha value is -1.82. The molecule has 0 fully saturated rings. The van der Waals surface area contributed by atoms with Gasteiger partial charge in [-0.25, -0.2) is 4.70 Å². The molecule has 1 aliphatic rings. The van der Waals surface area contributed by atoms with Gasteiger partial charge in [0.1, 0.15) is 0 Å². The first-order chi connectivity index (χ1) is 42.6. The van der Waals surface area contributed by atoms with Crippen LogP contribution in [0.15, 0.2) is 59.7 Å². The molecule has 0 bridgehead atoms. The maximum atomic E-state index is 11.9. The van der Waals surface area contributed by atoms with Gasteiger partial charge in [0.2, 0.25) is 11.4 Å². The topological polar surface area (TPSA) is 25.3 Å². The van der Waals surface area contributed by atoms with E-state index >= 15 is 0 Å². The molecule has 0 saturated heterocycles. The summed E-state index contributed by atoms with van der Waals surface area (Å²) in [5.41, 5.74) is 21.7. The van der Waals surface area contributed by atoms with Crippen LogP contribution in [0.1, 0.15) is 430 Å². The van der Waals surface area contributed by atoms with Gasteiger partial charge in [0.15, 0.2) is 0 Å². The van der Waals surface area contributed by atoms with E-state index in [-0.39, 0.29) is 0 Å². The van der Waals surface area contributed by atoms with E-state index in [1.807, 2.05) is 0 Å². The second-order valence-corrected chi connectivity index (χ2v) is 29.5. The summed E-state index contributed by atoms with van der Waals surface area (Å²) in [4.78, 5) is 3.10. The molecule has 2 aromatic rings. The van der Waals surface area contributed by atoms with Crippen molar-refractivity contribution in [1.29, 1.82) is 0 Å². The van der Waals surface area contributed by atoms with Crippen LogP contribution in [-0.4, -0.2) is 4.70 Å². The third-order valence-electron chi connectivity index (χ3n) is 18.9. The fraction of sp³-hybridized carbons (Fsp3) is 0.807. The molecule has 0 unspecified atom stereocenters. The van der Waals surface area contributed by atoms with E-state index in [1.54, 1.807) is 14.5 Å². The normalized spacial score (nSPS) is 12.6. The SMILES string of the molecule is CCCCCCCCC1=C(c2ccc(CCCC)cc2)[N+](=[N-])C(c2cccc(CCCCC)c2)=C1CCCC.CCCCCCCCCCCCCCCCCCCCCC[CH2][Pd][CH2]CCCCCCCCCCCCCCCCCCCCCC. The number of hydrogen-bond donors (Lipinski definition) is 0. The van der Waals surface area contributed by atoms with E-state index in [4.69, 9.17) is 0 Å². The summed E-state index contributed by atoms with van der Waals surface area (Å²) in [6.07, 6.45) is 83.0. The summed E-state index contributed by atoms with van der Waals surface area (Å²) in [6.45, 7) is 13.7. The summed E-state index contributed by atoms with van der Waals surface area (Å²) >= 11 is 1.06. The first kappa shape index (κ1) is 80.3. The molecule has 0 aliphatic carbocycles. The quantitative estimate of drug-likeness (QED) is 0.0358. The Labute approximate surface area is 548 Å². The van der Waals surface area contributed by atoms with Crippen molar-refractivity contribution in [2.75, 3.05) is 0 Å². The van der Waals surface area contributed by atoms with Crippen molar-refractivity contribution in [2.24, 2.45) is 0 Å². The minimum absolute atomic E-state index is 1.02. The minimum atomic E-state index is 1.02. The molecule has 0 radical (unpaired) electrons. The van der Waals surface area contributed by atoms with E-state index in [1.165, 1.54) is 363 Å². The predicted octanol–water partition coefficient (Wildman–Crippen LogP) is 30.2. The molecule has 0 N–H and O–H groups in total. The second kappa shape index (κ2) is 62.0. The molecule has 3 heteroatoms. The Bertz CT molecular complexity index is 1790. The molecular weight excluding hydrogens is 1130 g/mol. The zero-order chi connectivity index (χ0) is 61.7. The molecule has 2 nitrogen and oxygen atoms in total. The van der Waals surface area contributed by atoms with E-state index in [0.29, 0.717) is 0 Å². The molecule has 1 heterocycles. The van der Waals surface area contributed by atoms with Gasteiger partial charge in [-0.3, -0.25) is 0 Å². The first-order valence-electron chi connectivity index (χ1n) is 39.1. The van der Waals surface area contributed by atoms with E-state index in [2.05, 4.69) is 90.1 Å². The van der Waals surface area contributed by atoms with Crippen molar-refractivity contribution in [3.63, 3.8) is 0 Å². The molecule has 2 aromatic carbocycles. The summed E-state index contributed by atoms with van der Waals surface area (Å²) < 4.78 is 1.56. The first-order valence-corrected chi connectivity index (χ1v) is 41.3. The Morgan fingerprint density at radius 1 is 0.256 bits per heavy atom. The summed E-state index contributed by atoms with van der Waals surface area (Å²) in [5, 5.41) is 0. The van der Waals surface area contributed by atoms with Crippen LogP contribution in [0, 0.1) is 0 Å². The van der Waals surface area contributed by atoms with Crippen molar-refractivity contribution in [1.82, 2.24) is 0 Å². The third-order valence-corrected chi connectivity index (χ3v) is 21.1. The molecule has 1 aliphatic heterocycles. The number of aryl methyl sites for hydroxylation is 2. The third kappa shape index (κ3) is 43.8. The Morgan fingerprint density at radius 2 is 0.523 bits per heavy atom. The number of rotatable bonds is 63. The average molecular weight is 1280 g/mol. The molecule has 0 atom stereocenters. The summed E-state index contributed by atoms with van der Waals surface area (Å²) in [7, 11) is 0. The van der Waals surface area contributed by atoms with Gasteiger partial charge in [0, 0.05) is 22.3 Å². The van der Waals surface area contributed by atoms with Gasteiger partial charge in [0.05, 0.1) is 0 Å². The molecule has 0 amide bonds. The van der Waals surface area contributed by atoms with Crippen LogP contribution in [0.5, 0.6) is 0 Å². The molecule has 500 valence electrons. The van der Waals surface area contributed by atoms with Crippen LogP contribution in [0.4, 0.5) is 0 Å². The monoisotopic (exact) mass is 1280 g/mol. The molecule has 3 rings (SSSR count). The second-order valence-electron chi connectivity index (χ2n) is 27.2. The average Bonchev–Trinajstić information content (AvgIpc) is 2.98. The fourth-order valence-electron chi connectivity index (χ4n) is 13.1. The van der Waals surface area contributed by atoms with Crippen LogP contribution < -0.4 is 0 Å².